The van der Waals surface area contributed by atoms with Crippen LogP contribution in [-0.2, 0) is 0 Å². The molecule has 2 aromatic rings. The van der Waals surface area contributed by atoms with Gasteiger partial charge in [0, 0.05) is 0 Å². The molecule has 2 rings (SSSR count). The summed E-state index contributed by atoms with van der Waals surface area (Å²) in [5.41, 5.74) is 0.619. The summed E-state index contributed by atoms with van der Waals surface area (Å²) in [6.45, 7) is 1.73. The second-order valence-corrected chi connectivity index (χ2v) is 4.11. The van der Waals surface area contributed by atoms with Gasteiger partial charge in [-0.15, -0.1) is 0 Å². The van der Waals surface area contributed by atoms with Gasteiger partial charge in [-0.1, -0.05) is 12.1 Å². The van der Waals surface area contributed by atoms with E-state index in [1.54, 1.807) is 13.0 Å². The summed E-state index contributed by atoms with van der Waals surface area (Å²) in [6, 6.07) is 8.37. The van der Waals surface area contributed by atoms with Crippen LogP contribution in [0.2, 0.25) is 0 Å². The fourth-order valence-corrected chi connectivity index (χ4v) is 1.63. The molecule has 0 fully saturated rings. The first-order valence-corrected chi connectivity index (χ1v) is 5.57. The van der Waals surface area contributed by atoms with Gasteiger partial charge in [-0.25, -0.2) is 4.39 Å². The van der Waals surface area contributed by atoms with Crippen LogP contribution in [0.15, 0.2) is 36.4 Å². The van der Waals surface area contributed by atoms with Crippen molar-refractivity contribution in [1.29, 1.82) is 0 Å². The number of anilines is 1. The van der Waals surface area contributed by atoms with Crippen molar-refractivity contribution in [3.05, 3.63) is 53.3 Å². The van der Waals surface area contributed by atoms with E-state index in [0.29, 0.717) is 0 Å². The van der Waals surface area contributed by atoms with Crippen LogP contribution in [0.25, 0.3) is 0 Å². The van der Waals surface area contributed by atoms with E-state index in [2.05, 4.69) is 5.32 Å². The number of carbonyl (C=O) groups is 1. The Kier molecular flexibility index (Phi) is 3.37. The zero-order chi connectivity index (χ0) is 14.0. The molecule has 4 nitrogen and oxygen atoms in total. The van der Waals surface area contributed by atoms with Gasteiger partial charge in [0.05, 0.1) is 11.3 Å². The molecule has 0 aliphatic heterocycles. The normalized spacial score (nSPS) is 10.2. The summed E-state index contributed by atoms with van der Waals surface area (Å²) in [7, 11) is 0. The quantitative estimate of drug-likeness (QED) is 0.728. The Morgan fingerprint density at radius 3 is 2.63 bits per heavy atom. The van der Waals surface area contributed by atoms with Crippen LogP contribution in [0.1, 0.15) is 15.9 Å². The number of rotatable bonds is 2. The zero-order valence-electron chi connectivity index (χ0n) is 10.1. The number of hydrogen-bond donors (Lipinski definition) is 3. The molecule has 2 aromatic carbocycles. The number of phenols is 2. The van der Waals surface area contributed by atoms with Gasteiger partial charge in [0.25, 0.3) is 5.91 Å². The Bertz CT molecular complexity index is 641. The molecular weight excluding hydrogens is 249 g/mol. The Hall–Kier alpha value is -2.56. The van der Waals surface area contributed by atoms with Crippen LogP contribution in [0.5, 0.6) is 11.5 Å². The van der Waals surface area contributed by atoms with E-state index in [-0.39, 0.29) is 11.3 Å². The standard InChI is InChI=1S/C14H12FNO3/c1-8-5-6-11(10(15)7-8)16-14(19)9-3-2-4-12(17)13(9)18/h2-7,17-18H,1H3,(H,16,19). The van der Waals surface area contributed by atoms with E-state index in [0.717, 1.165) is 5.56 Å². The maximum Gasteiger partial charge on any atom is 0.259 e. The van der Waals surface area contributed by atoms with Gasteiger partial charge >= 0.3 is 0 Å². The second-order valence-electron chi connectivity index (χ2n) is 4.11. The number of nitrogens with one attached hydrogen (secondary N) is 1. The van der Waals surface area contributed by atoms with Crippen molar-refractivity contribution < 1.29 is 19.4 Å². The summed E-state index contributed by atoms with van der Waals surface area (Å²) >= 11 is 0. The molecule has 0 aliphatic carbocycles. The van der Waals surface area contributed by atoms with Crippen LogP contribution >= 0.6 is 0 Å². The van der Waals surface area contributed by atoms with Crippen molar-refractivity contribution in [1.82, 2.24) is 0 Å². The average Bonchev–Trinajstić information content (AvgIpc) is 2.36. The lowest BCUT2D eigenvalue weighted by Gasteiger charge is -2.08. The molecule has 19 heavy (non-hydrogen) atoms. The average molecular weight is 261 g/mol. The molecule has 0 saturated carbocycles. The van der Waals surface area contributed by atoms with Crippen molar-refractivity contribution in [2.24, 2.45) is 0 Å². The summed E-state index contributed by atoms with van der Waals surface area (Å²) in [6.07, 6.45) is 0. The lowest BCUT2D eigenvalue weighted by Crippen LogP contribution is -2.13. The topological polar surface area (TPSA) is 69.6 Å². The van der Waals surface area contributed by atoms with E-state index in [9.17, 15) is 19.4 Å². The molecule has 98 valence electrons. The molecule has 0 heterocycles. The molecule has 0 spiro atoms. The molecule has 0 aromatic heterocycles. The van der Waals surface area contributed by atoms with E-state index >= 15 is 0 Å². The minimum absolute atomic E-state index is 0.0124. The van der Waals surface area contributed by atoms with Gasteiger partial charge in [0.15, 0.2) is 11.5 Å². The number of aryl methyl sites for hydroxylation is 1. The first-order valence-electron chi connectivity index (χ1n) is 5.57. The molecule has 0 bridgehead atoms. The number of hydrogen-bond acceptors (Lipinski definition) is 3. The van der Waals surface area contributed by atoms with E-state index < -0.39 is 23.2 Å². The van der Waals surface area contributed by atoms with Crippen molar-refractivity contribution >= 4 is 11.6 Å². The van der Waals surface area contributed by atoms with Crippen LogP contribution in [0, 0.1) is 12.7 Å². The van der Waals surface area contributed by atoms with Gasteiger partial charge in [-0.05, 0) is 36.8 Å². The van der Waals surface area contributed by atoms with Gasteiger partial charge in [0.2, 0.25) is 0 Å². The smallest absolute Gasteiger partial charge is 0.259 e. The number of phenolic OH excluding ortho intramolecular Hbond substituents is 2. The maximum absolute atomic E-state index is 13.6. The first-order chi connectivity index (χ1) is 8.99. The minimum atomic E-state index is -0.698. The van der Waals surface area contributed by atoms with Crippen molar-refractivity contribution in [3.8, 4) is 11.5 Å². The summed E-state index contributed by atoms with van der Waals surface area (Å²) in [4.78, 5) is 11.9. The minimum Gasteiger partial charge on any atom is -0.504 e. The first kappa shape index (κ1) is 12.9. The lowest BCUT2D eigenvalue weighted by atomic mass is 10.1. The molecule has 0 unspecified atom stereocenters. The highest BCUT2D eigenvalue weighted by Crippen LogP contribution is 2.29. The second kappa shape index (κ2) is 4.97. The zero-order valence-corrected chi connectivity index (χ0v) is 10.1. The molecule has 0 saturated heterocycles. The fourth-order valence-electron chi connectivity index (χ4n) is 1.63. The number of aromatic hydroxyl groups is 2. The number of benzene rings is 2. The monoisotopic (exact) mass is 261 g/mol. The molecule has 5 heteroatoms. The van der Waals surface area contributed by atoms with E-state index in [1.807, 2.05) is 0 Å². The molecule has 3 N–H and O–H groups in total. The summed E-state index contributed by atoms with van der Waals surface area (Å²) < 4.78 is 13.6. The predicted molar refractivity (Wildman–Crippen MR) is 68.9 cm³/mol. The Morgan fingerprint density at radius 2 is 1.95 bits per heavy atom. The number of para-hydroxylation sites is 1. The third kappa shape index (κ3) is 2.65. The van der Waals surface area contributed by atoms with Crippen LogP contribution in [-0.4, -0.2) is 16.1 Å². The van der Waals surface area contributed by atoms with Gasteiger partial charge < -0.3 is 15.5 Å². The van der Waals surface area contributed by atoms with E-state index in [4.69, 9.17) is 0 Å². The van der Waals surface area contributed by atoms with Crippen molar-refractivity contribution in [3.63, 3.8) is 0 Å². The van der Waals surface area contributed by atoms with Gasteiger partial charge in [0.1, 0.15) is 5.82 Å². The molecule has 0 atom stereocenters. The Balaban J connectivity index is 2.28. The molecular formula is C14H12FNO3. The Labute approximate surface area is 109 Å². The SMILES string of the molecule is Cc1ccc(NC(=O)c2cccc(O)c2O)c(F)c1. The van der Waals surface area contributed by atoms with Crippen LogP contribution < -0.4 is 5.32 Å². The number of halogens is 1. The maximum atomic E-state index is 13.6. The van der Waals surface area contributed by atoms with Gasteiger partial charge in [-0.3, -0.25) is 4.79 Å². The Morgan fingerprint density at radius 1 is 1.21 bits per heavy atom. The van der Waals surface area contributed by atoms with E-state index in [1.165, 1.54) is 30.3 Å². The van der Waals surface area contributed by atoms with Crippen molar-refractivity contribution in [2.45, 2.75) is 6.92 Å². The summed E-state index contributed by atoms with van der Waals surface area (Å²) in [5.74, 6) is -2.20. The highest BCUT2D eigenvalue weighted by molar-refractivity contribution is 6.06. The van der Waals surface area contributed by atoms with Crippen LogP contribution in [0.3, 0.4) is 0 Å². The fraction of sp³-hybridized carbons (Fsp3) is 0.0714. The third-order valence-electron chi connectivity index (χ3n) is 2.63. The highest BCUT2D eigenvalue weighted by atomic mass is 19.1. The van der Waals surface area contributed by atoms with Crippen molar-refractivity contribution in [2.75, 3.05) is 5.32 Å². The molecule has 0 radical (unpaired) electrons. The largest absolute Gasteiger partial charge is 0.504 e. The predicted octanol–water partition coefficient (Wildman–Crippen LogP) is 2.80. The number of carbonyl (C=O) groups excluding carboxylic acids is 1. The van der Waals surface area contributed by atoms with Gasteiger partial charge in [-0.2, -0.15) is 0 Å². The molecule has 0 aliphatic rings. The molecule has 1 amide bonds. The van der Waals surface area contributed by atoms with Crippen LogP contribution in [0.4, 0.5) is 10.1 Å². The third-order valence-corrected chi connectivity index (χ3v) is 2.63. The lowest BCUT2D eigenvalue weighted by molar-refractivity contribution is 0.102. The highest BCUT2D eigenvalue weighted by Gasteiger charge is 2.15. The summed E-state index contributed by atoms with van der Waals surface area (Å²) in [5, 5.41) is 21.2. The number of amides is 1.